The lowest BCUT2D eigenvalue weighted by Crippen LogP contribution is -1.78. The molecular formula is C14H12O3S. The van der Waals surface area contributed by atoms with Crippen LogP contribution in [-0.4, -0.2) is 16.2 Å². The number of fused-ring (bicyclic) bond motifs is 3. The number of carboxylic acid groups (broad SMARTS) is 1. The van der Waals surface area contributed by atoms with Crippen molar-refractivity contribution in [1.29, 1.82) is 0 Å². The van der Waals surface area contributed by atoms with Gasteiger partial charge in [0.25, 0.3) is 5.97 Å². The zero-order chi connectivity index (χ0) is 13.1. The minimum atomic E-state index is -0.833. The number of aliphatic carboxylic acids is 1. The fraction of sp³-hybridized carbons (Fsp3) is 0.0714. The van der Waals surface area contributed by atoms with Crippen molar-refractivity contribution in [3.05, 3.63) is 42.5 Å². The third kappa shape index (κ3) is 2.43. The summed E-state index contributed by atoms with van der Waals surface area (Å²) < 4.78 is 2.21. The van der Waals surface area contributed by atoms with Crippen molar-refractivity contribution in [2.45, 2.75) is 6.92 Å². The molecule has 0 aliphatic heterocycles. The Kier molecular flexibility index (Phi) is 3.48. The van der Waals surface area contributed by atoms with Crippen LogP contribution in [0.1, 0.15) is 6.92 Å². The fourth-order valence-electron chi connectivity index (χ4n) is 1.73. The third-order valence-electron chi connectivity index (χ3n) is 2.38. The molecule has 0 radical (unpaired) electrons. The SMILES string of the molecule is CC(=O)O.Oc1cccc2c1sc1ccccc12. The maximum atomic E-state index is 9.68. The molecule has 3 nitrogen and oxygen atoms in total. The van der Waals surface area contributed by atoms with E-state index in [-0.39, 0.29) is 0 Å². The van der Waals surface area contributed by atoms with Crippen LogP contribution in [0.2, 0.25) is 0 Å². The minimum absolute atomic E-state index is 0.378. The van der Waals surface area contributed by atoms with Crippen LogP contribution in [0.15, 0.2) is 42.5 Å². The van der Waals surface area contributed by atoms with E-state index < -0.39 is 5.97 Å². The van der Waals surface area contributed by atoms with E-state index >= 15 is 0 Å². The monoisotopic (exact) mass is 260 g/mol. The molecule has 1 aromatic heterocycles. The third-order valence-corrected chi connectivity index (χ3v) is 3.59. The maximum Gasteiger partial charge on any atom is 0.300 e. The lowest BCUT2D eigenvalue weighted by molar-refractivity contribution is -0.134. The van der Waals surface area contributed by atoms with Crippen molar-refractivity contribution in [1.82, 2.24) is 0 Å². The van der Waals surface area contributed by atoms with E-state index in [0.29, 0.717) is 5.75 Å². The summed E-state index contributed by atoms with van der Waals surface area (Å²) in [5.74, 6) is -0.455. The molecule has 0 aliphatic rings. The van der Waals surface area contributed by atoms with Crippen LogP contribution in [0.4, 0.5) is 0 Å². The number of carboxylic acids is 1. The molecule has 2 N–H and O–H groups in total. The van der Waals surface area contributed by atoms with Gasteiger partial charge in [0.05, 0.1) is 4.70 Å². The van der Waals surface area contributed by atoms with Crippen LogP contribution in [-0.2, 0) is 4.79 Å². The molecule has 0 aliphatic carbocycles. The molecule has 3 aromatic rings. The molecular weight excluding hydrogens is 248 g/mol. The van der Waals surface area contributed by atoms with E-state index in [1.54, 1.807) is 17.4 Å². The van der Waals surface area contributed by atoms with Gasteiger partial charge in [-0.1, -0.05) is 30.3 Å². The first-order chi connectivity index (χ1) is 8.59. The Morgan fingerprint density at radius 3 is 2.39 bits per heavy atom. The number of carbonyl (C=O) groups is 1. The zero-order valence-electron chi connectivity index (χ0n) is 9.75. The summed E-state index contributed by atoms with van der Waals surface area (Å²) in [4.78, 5) is 9.00. The highest BCUT2D eigenvalue weighted by molar-refractivity contribution is 7.26. The summed E-state index contributed by atoms with van der Waals surface area (Å²) in [6, 6.07) is 13.9. The summed E-state index contributed by atoms with van der Waals surface area (Å²) in [5.41, 5.74) is 0. The van der Waals surface area contributed by atoms with E-state index in [2.05, 4.69) is 12.1 Å². The Bertz CT molecular complexity index is 696. The van der Waals surface area contributed by atoms with E-state index in [4.69, 9.17) is 9.90 Å². The van der Waals surface area contributed by atoms with Gasteiger partial charge in [0, 0.05) is 22.4 Å². The topological polar surface area (TPSA) is 57.5 Å². The van der Waals surface area contributed by atoms with Gasteiger partial charge in [0.1, 0.15) is 5.75 Å². The predicted octanol–water partition coefficient (Wildman–Crippen LogP) is 3.85. The van der Waals surface area contributed by atoms with Gasteiger partial charge in [-0.25, -0.2) is 0 Å². The lowest BCUT2D eigenvalue weighted by Gasteiger charge is -1.92. The highest BCUT2D eigenvalue weighted by atomic mass is 32.1. The molecule has 18 heavy (non-hydrogen) atoms. The van der Waals surface area contributed by atoms with Gasteiger partial charge in [-0.3, -0.25) is 4.79 Å². The number of phenolic OH excluding ortho intramolecular Hbond substituents is 1. The highest BCUT2D eigenvalue weighted by Gasteiger charge is 2.06. The van der Waals surface area contributed by atoms with Crippen molar-refractivity contribution < 1.29 is 15.0 Å². The number of benzene rings is 2. The van der Waals surface area contributed by atoms with Gasteiger partial charge in [-0.2, -0.15) is 0 Å². The van der Waals surface area contributed by atoms with Gasteiger partial charge in [-0.05, 0) is 12.1 Å². The van der Waals surface area contributed by atoms with Crippen LogP contribution in [0.3, 0.4) is 0 Å². The van der Waals surface area contributed by atoms with Crippen molar-refractivity contribution in [3.8, 4) is 5.75 Å². The highest BCUT2D eigenvalue weighted by Crippen LogP contribution is 2.38. The zero-order valence-corrected chi connectivity index (χ0v) is 10.6. The quantitative estimate of drug-likeness (QED) is 0.645. The van der Waals surface area contributed by atoms with E-state index in [1.807, 2.05) is 24.3 Å². The summed E-state index contributed by atoms with van der Waals surface area (Å²) in [6.45, 7) is 1.08. The van der Waals surface area contributed by atoms with Crippen molar-refractivity contribution >= 4 is 37.5 Å². The molecule has 0 fully saturated rings. The second kappa shape index (κ2) is 5.06. The summed E-state index contributed by atoms with van der Waals surface area (Å²) in [7, 11) is 0. The minimum Gasteiger partial charge on any atom is -0.506 e. The normalized spacial score (nSPS) is 10.1. The molecule has 92 valence electrons. The van der Waals surface area contributed by atoms with Gasteiger partial charge in [0.2, 0.25) is 0 Å². The van der Waals surface area contributed by atoms with E-state index in [9.17, 15) is 5.11 Å². The fourth-order valence-corrected chi connectivity index (χ4v) is 2.85. The molecule has 0 atom stereocenters. The Hall–Kier alpha value is -2.07. The Labute approximate surface area is 108 Å². The van der Waals surface area contributed by atoms with Crippen LogP contribution in [0.5, 0.6) is 5.75 Å². The second-order valence-electron chi connectivity index (χ2n) is 3.77. The van der Waals surface area contributed by atoms with Crippen LogP contribution in [0.25, 0.3) is 20.2 Å². The van der Waals surface area contributed by atoms with E-state index in [0.717, 1.165) is 17.0 Å². The molecule has 3 rings (SSSR count). The standard InChI is InChI=1S/C12H8OS.C2H4O2/c13-10-6-3-5-9-8-4-1-2-7-11(8)14-12(9)10;1-2(3)4/h1-7,13H;1H3,(H,3,4). The first-order valence-electron chi connectivity index (χ1n) is 5.38. The molecule has 0 bridgehead atoms. The van der Waals surface area contributed by atoms with Crippen molar-refractivity contribution in [2.75, 3.05) is 0 Å². The van der Waals surface area contributed by atoms with Gasteiger partial charge in [-0.15, -0.1) is 11.3 Å². The second-order valence-corrected chi connectivity index (χ2v) is 4.82. The number of hydrogen-bond donors (Lipinski definition) is 2. The molecule has 0 amide bonds. The summed E-state index contributed by atoms with van der Waals surface area (Å²) in [5, 5.41) is 19.5. The van der Waals surface area contributed by atoms with Crippen LogP contribution >= 0.6 is 11.3 Å². The molecule has 0 spiro atoms. The Morgan fingerprint density at radius 2 is 1.67 bits per heavy atom. The molecule has 2 aromatic carbocycles. The first kappa shape index (κ1) is 12.4. The number of rotatable bonds is 0. The molecule has 0 saturated carbocycles. The summed E-state index contributed by atoms with van der Waals surface area (Å²) >= 11 is 1.64. The average molecular weight is 260 g/mol. The average Bonchev–Trinajstić information content (AvgIpc) is 2.69. The van der Waals surface area contributed by atoms with Crippen LogP contribution < -0.4 is 0 Å². The van der Waals surface area contributed by atoms with Crippen LogP contribution in [0, 0.1) is 0 Å². The Balaban J connectivity index is 0.000000267. The first-order valence-corrected chi connectivity index (χ1v) is 6.20. The summed E-state index contributed by atoms with van der Waals surface area (Å²) in [6.07, 6.45) is 0. The van der Waals surface area contributed by atoms with Crippen molar-refractivity contribution in [3.63, 3.8) is 0 Å². The van der Waals surface area contributed by atoms with E-state index in [1.165, 1.54) is 10.1 Å². The van der Waals surface area contributed by atoms with Crippen molar-refractivity contribution in [2.24, 2.45) is 0 Å². The largest absolute Gasteiger partial charge is 0.506 e. The lowest BCUT2D eigenvalue weighted by atomic mass is 10.1. The van der Waals surface area contributed by atoms with Gasteiger partial charge in [0.15, 0.2) is 0 Å². The Morgan fingerprint density at radius 1 is 1.06 bits per heavy atom. The molecule has 0 saturated heterocycles. The van der Waals surface area contributed by atoms with Gasteiger partial charge >= 0.3 is 0 Å². The predicted molar refractivity (Wildman–Crippen MR) is 74.3 cm³/mol. The number of aromatic hydroxyl groups is 1. The molecule has 4 heteroatoms. The number of phenols is 1. The smallest absolute Gasteiger partial charge is 0.300 e. The number of thiophene rings is 1. The number of hydrogen-bond acceptors (Lipinski definition) is 3. The maximum absolute atomic E-state index is 9.68. The molecule has 1 heterocycles. The molecule has 0 unspecified atom stereocenters. The van der Waals surface area contributed by atoms with Gasteiger partial charge < -0.3 is 10.2 Å².